The number of hydrogen-bond acceptors (Lipinski definition) is 5. The van der Waals surface area contributed by atoms with E-state index in [1.165, 1.54) is 6.07 Å². The summed E-state index contributed by atoms with van der Waals surface area (Å²) in [6.45, 7) is 5.18. The SMILES string of the molecule is CCC(Oc1cc([N+](=O)[O-])c(C)cc1C)C(=O)NN. The maximum Gasteiger partial charge on any atom is 0.276 e. The number of hydrogen-bond donors (Lipinski definition) is 2. The van der Waals surface area contributed by atoms with E-state index in [1.54, 1.807) is 26.8 Å². The Balaban J connectivity index is 3.10. The zero-order valence-corrected chi connectivity index (χ0v) is 11.1. The molecule has 0 aliphatic heterocycles. The van der Waals surface area contributed by atoms with Gasteiger partial charge in [-0.25, -0.2) is 5.84 Å². The normalized spacial score (nSPS) is 11.8. The van der Waals surface area contributed by atoms with Crippen LogP contribution in [0.4, 0.5) is 5.69 Å². The lowest BCUT2D eigenvalue weighted by molar-refractivity contribution is -0.385. The number of carbonyl (C=O) groups is 1. The van der Waals surface area contributed by atoms with E-state index in [-0.39, 0.29) is 5.69 Å². The van der Waals surface area contributed by atoms with E-state index < -0.39 is 16.9 Å². The fraction of sp³-hybridized carbons (Fsp3) is 0.417. The largest absolute Gasteiger partial charge is 0.480 e. The Labute approximate surface area is 110 Å². The van der Waals surface area contributed by atoms with Gasteiger partial charge in [0.25, 0.3) is 11.6 Å². The van der Waals surface area contributed by atoms with Gasteiger partial charge in [-0.1, -0.05) is 6.92 Å². The summed E-state index contributed by atoms with van der Waals surface area (Å²) in [7, 11) is 0. The van der Waals surface area contributed by atoms with E-state index in [0.29, 0.717) is 17.7 Å². The van der Waals surface area contributed by atoms with E-state index in [4.69, 9.17) is 10.6 Å². The molecule has 0 aliphatic carbocycles. The van der Waals surface area contributed by atoms with E-state index in [2.05, 4.69) is 0 Å². The van der Waals surface area contributed by atoms with Gasteiger partial charge in [-0.05, 0) is 31.9 Å². The average molecular weight is 267 g/mol. The molecular weight excluding hydrogens is 250 g/mol. The van der Waals surface area contributed by atoms with Gasteiger partial charge >= 0.3 is 0 Å². The Hall–Kier alpha value is -2.15. The molecule has 0 bridgehead atoms. The highest BCUT2D eigenvalue weighted by Crippen LogP contribution is 2.29. The third-order valence-electron chi connectivity index (χ3n) is 2.76. The molecule has 7 nitrogen and oxygen atoms in total. The van der Waals surface area contributed by atoms with Crippen molar-refractivity contribution in [3.63, 3.8) is 0 Å². The Morgan fingerprint density at radius 1 is 1.47 bits per heavy atom. The highest BCUT2D eigenvalue weighted by atomic mass is 16.6. The number of carbonyl (C=O) groups excluding carboxylic acids is 1. The Kier molecular flexibility index (Phi) is 4.82. The first-order chi connectivity index (χ1) is 8.90. The number of nitrogens with one attached hydrogen (secondary N) is 1. The summed E-state index contributed by atoms with van der Waals surface area (Å²) in [6, 6.07) is 2.98. The maximum absolute atomic E-state index is 11.4. The van der Waals surface area contributed by atoms with E-state index >= 15 is 0 Å². The zero-order valence-electron chi connectivity index (χ0n) is 11.1. The van der Waals surface area contributed by atoms with Crippen molar-refractivity contribution in [2.24, 2.45) is 5.84 Å². The Morgan fingerprint density at radius 2 is 2.11 bits per heavy atom. The third kappa shape index (κ3) is 3.41. The predicted molar refractivity (Wildman–Crippen MR) is 69.6 cm³/mol. The molecule has 1 aromatic carbocycles. The molecule has 0 radical (unpaired) electrons. The molecule has 0 spiro atoms. The van der Waals surface area contributed by atoms with Crippen molar-refractivity contribution in [2.75, 3.05) is 0 Å². The average Bonchev–Trinajstić information content (AvgIpc) is 2.36. The van der Waals surface area contributed by atoms with Crippen LogP contribution in [0.5, 0.6) is 5.75 Å². The van der Waals surface area contributed by atoms with E-state index in [1.807, 2.05) is 5.43 Å². The van der Waals surface area contributed by atoms with Crippen molar-refractivity contribution in [3.05, 3.63) is 33.4 Å². The van der Waals surface area contributed by atoms with Gasteiger partial charge in [-0.2, -0.15) is 0 Å². The molecule has 1 rings (SSSR count). The van der Waals surface area contributed by atoms with Crippen LogP contribution in [0.25, 0.3) is 0 Å². The molecule has 0 saturated carbocycles. The second kappa shape index (κ2) is 6.14. The molecule has 1 amide bonds. The number of rotatable bonds is 5. The minimum absolute atomic E-state index is 0.0383. The molecule has 0 aromatic heterocycles. The van der Waals surface area contributed by atoms with Crippen LogP contribution in [0.15, 0.2) is 12.1 Å². The number of nitro groups is 1. The highest BCUT2D eigenvalue weighted by Gasteiger charge is 2.21. The van der Waals surface area contributed by atoms with Gasteiger partial charge in [0.05, 0.1) is 11.0 Å². The van der Waals surface area contributed by atoms with Gasteiger partial charge in [0.2, 0.25) is 0 Å². The summed E-state index contributed by atoms with van der Waals surface area (Å²) in [5, 5.41) is 10.9. The molecule has 0 saturated heterocycles. The fourth-order valence-corrected chi connectivity index (χ4v) is 1.71. The van der Waals surface area contributed by atoms with Gasteiger partial charge in [0.1, 0.15) is 5.75 Å². The summed E-state index contributed by atoms with van der Waals surface area (Å²) in [5.74, 6) is 4.90. The first-order valence-electron chi connectivity index (χ1n) is 5.83. The quantitative estimate of drug-likeness (QED) is 0.362. The molecule has 3 N–H and O–H groups in total. The minimum atomic E-state index is -0.772. The van der Waals surface area contributed by atoms with Crippen molar-refractivity contribution >= 4 is 11.6 Å². The van der Waals surface area contributed by atoms with Crippen LogP contribution in [0.3, 0.4) is 0 Å². The molecule has 0 aliphatic rings. The zero-order chi connectivity index (χ0) is 14.6. The Morgan fingerprint density at radius 3 is 2.58 bits per heavy atom. The number of hydrazine groups is 1. The van der Waals surface area contributed by atoms with Crippen molar-refractivity contribution < 1.29 is 14.5 Å². The lowest BCUT2D eigenvalue weighted by Crippen LogP contribution is -2.41. The van der Waals surface area contributed by atoms with Gasteiger partial charge < -0.3 is 4.74 Å². The van der Waals surface area contributed by atoms with Crippen LogP contribution >= 0.6 is 0 Å². The molecule has 19 heavy (non-hydrogen) atoms. The second-order valence-electron chi connectivity index (χ2n) is 4.18. The third-order valence-corrected chi connectivity index (χ3v) is 2.76. The van der Waals surface area contributed by atoms with Crippen LogP contribution in [0.2, 0.25) is 0 Å². The first kappa shape index (κ1) is 14.9. The molecule has 1 aromatic rings. The molecule has 104 valence electrons. The number of ether oxygens (including phenoxy) is 1. The molecule has 0 heterocycles. The van der Waals surface area contributed by atoms with Crippen LogP contribution in [-0.4, -0.2) is 16.9 Å². The molecule has 0 fully saturated rings. The van der Waals surface area contributed by atoms with Gasteiger partial charge in [-0.3, -0.25) is 20.3 Å². The maximum atomic E-state index is 11.4. The second-order valence-corrected chi connectivity index (χ2v) is 4.18. The lowest BCUT2D eigenvalue weighted by Gasteiger charge is -2.17. The summed E-state index contributed by atoms with van der Waals surface area (Å²) < 4.78 is 5.50. The summed E-state index contributed by atoms with van der Waals surface area (Å²) in [6.07, 6.45) is -0.365. The molecular formula is C12H17N3O4. The molecule has 1 atom stereocenters. The summed E-state index contributed by atoms with van der Waals surface area (Å²) in [4.78, 5) is 21.9. The van der Waals surface area contributed by atoms with Crippen molar-refractivity contribution in [1.29, 1.82) is 0 Å². The van der Waals surface area contributed by atoms with Crippen molar-refractivity contribution in [3.8, 4) is 5.75 Å². The standard InChI is InChI=1S/C12H17N3O4/c1-4-10(12(16)14-13)19-11-6-9(15(17)18)7(2)5-8(11)3/h5-6,10H,4,13H2,1-3H3,(H,14,16). The van der Waals surface area contributed by atoms with Gasteiger partial charge in [0.15, 0.2) is 6.10 Å². The summed E-state index contributed by atoms with van der Waals surface area (Å²) in [5.41, 5.74) is 3.24. The number of nitrogens with zero attached hydrogens (tertiary/aromatic N) is 1. The van der Waals surface area contributed by atoms with Crippen LogP contribution in [0.1, 0.15) is 24.5 Å². The number of amides is 1. The minimum Gasteiger partial charge on any atom is -0.480 e. The fourth-order valence-electron chi connectivity index (χ4n) is 1.71. The van der Waals surface area contributed by atoms with Gasteiger partial charge in [0, 0.05) is 5.56 Å². The molecule has 7 heteroatoms. The first-order valence-corrected chi connectivity index (χ1v) is 5.83. The number of benzene rings is 1. The molecule has 1 unspecified atom stereocenters. The van der Waals surface area contributed by atoms with Crippen molar-refractivity contribution in [1.82, 2.24) is 5.43 Å². The lowest BCUT2D eigenvalue weighted by atomic mass is 10.1. The van der Waals surface area contributed by atoms with Crippen molar-refractivity contribution in [2.45, 2.75) is 33.3 Å². The number of nitro benzene ring substituents is 1. The van der Waals surface area contributed by atoms with Crippen LogP contribution in [-0.2, 0) is 4.79 Å². The summed E-state index contributed by atoms with van der Waals surface area (Å²) >= 11 is 0. The monoisotopic (exact) mass is 267 g/mol. The number of aryl methyl sites for hydroxylation is 2. The Bertz CT molecular complexity index is 502. The predicted octanol–water partition coefficient (Wildman–Crippen LogP) is 1.36. The van der Waals surface area contributed by atoms with E-state index in [9.17, 15) is 14.9 Å². The van der Waals surface area contributed by atoms with Crippen LogP contribution < -0.4 is 16.0 Å². The van der Waals surface area contributed by atoms with Crippen LogP contribution in [0, 0.1) is 24.0 Å². The topological polar surface area (TPSA) is 107 Å². The van der Waals surface area contributed by atoms with E-state index in [0.717, 1.165) is 5.56 Å². The smallest absolute Gasteiger partial charge is 0.276 e. The van der Waals surface area contributed by atoms with Gasteiger partial charge in [-0.15, -0.1) is 0 Å². The highest BCUT2D eigenvalue weighted by molar-refractivity contribution is 5.80. The number of nitrogens with two attached hydrogens (primary N) is 1.